The van der Waals surface area contributed by atoms with E-state index in [1.54, 1.807) is 0 Å². The zero-order valence-corrected chi connectivity index (χ0v) is 13.3. The molecule has 0 saturated carbocycles. The van der Waals surface area contributed by atoms with Gasteiger partial charge in [-0.25, -0.2) is 0 Å². The standard InChI is InChI=1S/C22H17N/c1-13-11-12-19-20(14(13)2)21-17-9-5-3-7-15(17)16-8-4-6-10-18(16)22(21)23-19/h3-12,23H,1-2H3. The molecule has 110 valence electrons. The molecule has 1 aromatic heterocycles. The van der Waals surface area contributed by atoms with Crippen molar-refractivity contribution in [1.82, 2.24) is 4.98 Å². The second-order valence-corrected chi connectivity index (χ2v) is 6.40. The van der Waals surface area contributed by atoms with E-state index in [0.29, 0.717) is 0 Å². The van der Waals surface area contributed by atoms with Crippen molar-refractivity contribution in [2.24, 2.45) is 0 Å². The minimum Gasteiger partial charge on any atom is -0.354 e. The van der Waals surface area contributed by atoms with E-state index in [1.807, 2.05) is 0 Å². The average Bonchev–Trinajstić information content (AvgIpc) is 2.99. The highest BCUT2D eigenvalue weighted by Crippen LogP contribution is 2.40. The van der Waals surface area contributed by atoms with Crippen LogP contribution in [0.3, 0.4) is 0 Å². The van der Waals surface area contributed by atoms with Gasteiger partial charge >= 0.3 is 0 Å². The van der Waals surface area contributed by atoms with Gasteiger partial charge < -0.3 is 4.98 Å². The molecule has 1 nitrogen and oxygen atoms in total. The van der Waals surface area contributed by atoms with Gasteiger partial charge in [-0.3, -0.25) is 0 Å². The molecular weight excluding hydrogens is 278 g/mol. The smallest absolute Gasteiger partial charge is 0.0551 e. The summed E-state index contributed by atoms with van der Waals surface area (Å²) in [5, 5.41) is 8.00. The maximum absolute atomic E-state index is 3.68. The first-order chi connectivity index (χ1) is 11.3. The third-order valence-electron chi connectivity index (χ3n) is 5.18. The van der Waals surface area contributed by atoms with Crippen molar-refractivity contribution < 1.29 is 0 Å². The number of benzene rings is 4. The van der Waals surface area contributed by atoms with Crippen molar-refractivity contribution in [1.29, 1.82) is 0 Å². The Hall–Kier alpha value is -2.80. The van der Waals surface area contributed by atoms with Crippen LogP contribution in [0.15, 0.2) is 60.7 Å². The fraction of sp³-hybridized carbons (Fsp3) is 0.0909. The lowest BCUT2D eigenvalue weighted by atomic mass is 9.95. The third-order valence-corrected chi connectivity index (χ3v) is 5.18. The van der Waals surface area contributed by atoms with Crippen LogP contribution in [0.1, 0.15) is 11.1 Å². The first-order valence-electron chi connectivity index (χ1n) is 8.07. The summed E-state index contributed by atoms with van der Waals surface area (Å²) in [5.41, 5.74) is 5.19. The van der Waals surface area contributed by atoms with Crippen molar-refractivity contribution in [3.8, 4) is 0 Å². The summed E-state index contributed by atoms with van der Waals surface area (Å²) in [6.45, 7) is 4.42. The molecule has 4 aromatic carbocycles. The van der Waals surface area contributed by atoms with Crippen molar-refractivity contribution >= 4 is 43.4 Å². The van der Waals surface area contributed by atoms with E-state index in [2.05, 4.69) is 79.5 Å². The van der Waals surface area contributed by atoms with Crippen molar-refractivity contribution in [3.05, 3.63) is 71.8 Å². The number of rotatable bonds is 0. The maximum atomic E-state index is 3.68. The highest BCUT2D eigenvalue weighted by atomic mass is 14.7. The molecule has 1 heteroatoms. The highest BCUT2D eigenvalue weighted by Gasteiger charge is 2.14. The van der Waals surface area contributed by atoms with E-state index in [-0.39, 0.29) is 0 Å². The molecule has 0 saturated heterocycles. The molecule has 5 rings (SSSR count). The molecule has 1 N–H and O–H groups in total. The van der Waals surface area contributed by atoms with Crippen LogP contribution in [0.25, 0.3) is 43.4 Å². The minimum atomic E-state index is 1.23. The second-order valence-electron chi connectivity index (χ2n) is 6.40. The highest BCUT2D eigenvalue weighted by molar-refractivity contribution is 6.31. The predicted octanol–water partition coefficient (Wildman–Crippen LogP) is 6.24. The van der Waals surface area contributed by atoms with Crippen molar-refractivity contribution in [2.75, 3.05) is 0 Å². The summed E-state index contributed by atoms with van der Waals surface area (Å²) in [4.78, 5) is 3.68. The first-order valence-corrected chi connectivity index (χ1v) is 8.07. The van der Waals surface area contributed by atoms with E-state index in [0.717, 1.165) is 0 Å². The fourth-order valence-electron chi connectivity index (χ4n) is 3.91. The minimum absolute atomic E-state index is 1.23. The summed E-state index contributed by atoms with van der Waals surface area (Å²) in [7, 11) is 0. The van der Waals surface area contributed by atoms with Gasteiger partial charge in [-0.15, -0.1) is 0 Å². The Morgan fingerprint density at radius 2 is 1.22 bits per heavy atom. The SMILES string of the molecule is Cc1ccc2[nH]c3c4ccccc4c4ccccc4c3c2c1C. The number of fused-ring (bicyclic) bond motifs is 8. The second kappa shape index (κ2) is 4.36. The summed E-state index contributed by atoms with van der Waals surface area (Å²) in [5.74, 6) is 0. The Morgan fingerprint density at radius 3 is 1.96 bits per heavy atom. The topological polar surface area (TPSA) is 15.8 Å². The number of aromatic amines is 1. The van der Waals surface area contributed by atoms with Crippen LogP contribution >= 0.6 is 0 Å². The van der Waals surface area contributed by atoms with Crippen LogP contribution in [-0.4, -0.2) is 4.98 Å². The van der Waals surface area contributed by atoms with Gasteiger partial charge in [0.1, 0.15) is 0 Å². The van der Waals surface area contributed by atoms with Gasteiger partial charge in [0.05, 0.1) is 5.52 Å². The summed E-state index contributed by atoms with van der Waals surface area (Å²) in [6.07, 6.45) is 0. The summed E-state index contributed by atoms with van der Waals surface area (Å²) in [6, 6.07) is 21.9. The van der Waals surface area contributed by atoms with Crippen LogP contribution in [-0.2, 0) is 0 Å². The summed E-state index contributed by atoms with van der Waals surface area (Å²) >= 11 is 0. The molecule has 0 spiro atoms. The molecule has 0 bridgehead atoms. The lowest BCUT2D eigenvalue weighted by Gasteiger charge is -2.08. The van der Waals surface area contributed by atoms with E-state index in [1.165, 1.54) is 54.5 Å². The summed E-state index contributed by atoms with van der Waals surface area (Å²) < 4.78 is 0. The quantitative estimate of drug-likeness (QED) is 0.325. The van der Waals surface area contributed by atoms with Gasteiger partial charge in [0.25, 0.3) is 0 Å². The number of hydrogen-bond acceptors (Lipinski definition) is 0. The number of nitrogens with one attached hydrogen (secondary N) is 1. The fourth-order valence-corrected chi connectivity index (χ4v) is 3.91. The Kier molecular flexibility index (Phi) is 2.41. The molecule has 0 aliphatic carbocycles. The molecule has 0 aliphatic heterocycles. The van der Waals surface area contributed by atoms with E-state index >= 15 is 0 Å². The molecule has 0 unspecified atom stereocenters. The predicted molar refractivity (Wildman–Crippen MR) is 100 cm³/mol. The Bertz CT molecular complexity index is 1220. The lowest BCUT2D eigenvalue weighted by Crippen LogP contribution is -1.83. The molecule has 0 amide bonds. The van der Waals surface area contributed by atoms with Crippen LogP contribution < -0.4 is 0 Å². The monoisotopic (exact) mass is 295 g/mol. The Labute approximate surface area is 134 Å². The Morgan fingerprint density at radius 1 is 0.609 bits per heavy atom. The molecule has 0 fully saturated rings. The largest absolute Gasteiger partial charge is 0.354 e. The van der Waals surface area contributed by atoms with E-state index in [9.17, 15) is 0 Å². The number of aryl methyl sites for hydroxylation is 2. The maximum Gasteiger partial charge on any atom is 0.0551 e. The van der Waals surface area contributed by atoms with Gasteiger partial charge in [0.2, 0.25) is 0 Å². The molecule has 0 atom stereocenters. The van der Waals surface area contributed by atoms with Crippen LogP contribution in [0.5, 0.6) is 0 Å². The normalized spacial score (nSPS) is 11.9. The molecule has 0 radical (unpaired) electrons. The lowest BCUT2D eigenvalue weighted by molar-refractivity contribution is 1.38. The molecule has 23 heavy (non-hydrogen) atoms. The third kappa shape index (κ3) is 1.57. The average molecular weight is 295 g/mol. The Balaban J connectivity index is 2.24. The van der Waals surface area contributed by atoms with Crippen LogP contribution in [0.2, 0.25) is 0 Å². The van der Waals surface area contributed by atoms with Crippen LogP contribution in [0.4, 0.5) is 0 Å². The van der Waals surface area contributed by atoms with Gasteiger partial charge in [0, 0.05) is 21.7 Å². The van der Waals surface area contributed by atoms with E-state index in [4.69, 9.17) is 0 Å². The zero-order chi connectivity index (χ0) is 15.6. The van der Waals surface area contributed by atoms with Gasteiger partial charge in [-0.05, 0) is 47.2 Å². The number of H-pyrrole nitrogens is 1. The zero-order valence-electron chi connectivity index (χ0n) is 13.3. The number of hydrogen-bond donors (Lipinski definition) is 1. The van der Waals surface area contributed by atoms with Gasteiger partial charge in [-0.1, -0.05) is 54.6 Å². The molecule has 0 aliphatic rings. The van der Waals surface area contributed by atoms with Gasteiger partial charge in [0.15, 0.2) is 0 Å². The molecular formula is C22H17N. The van der Waals surface area contributed by atoms with Crippen molar-refractivity contribution in [2.45, 2.75) is 13.8 Å². The number of aromatic nitrogens is 1. The molecule has 5 aromatic rings. The van der Waals surface area contributed by atoms with Crippen LogP contribution in [0, 0.1) is 13.8 Å². The van der Waals surface area contributed by atoms with Gasteiger partial charge in [-0.2, -0.15) is 0 Å². The van der Waals surface area contributed by atoms with Crippen molar-refractivity contribution in [3.63, 3.8) is 0 Å². The van der Waals surface area contributed by atoms with E-state index < -0.39 is 0 Å². The molecule has 1 heterocycles. The first kappa shape index (κ1) is 12.7.